The van der Waals surface area contributed by atoms with Crippen molar-refractivity contribution in [2.75, 3.05) is 45.2 Å². The Balaban J connectivity index is 1.71. The standard InChI is InChI=1S/C20H24ClN3O5S2/c1-13-10-16(14(2)30-13)20(26)23(3)12-19(25)22-15-4-5-17(21)18(11-15)31(27,28)24-6-8-29-9-7-24/h4-5,10-11H,6-9,12H2,1-3H3,(H,22,25). The summed E-state index contributed by atoms with van der Waals surface area (Å²) in [7, 11) is -2.27. The van der Waals surface area contributed by atoms with Crippen molar-refractivity contribution >= 4 is 50.5 Å². The smallest absolute Gasteiger partial charge is 0.255 e. The van der Waals surface area contributed by atoms with Crippen LogP contribution < -0.4 is 5.32 Å². The summed E-state index contributed by atoms with van der Waals surface area (Å²) >= 11 is 7.67. The topological polar surface area (TPSA) is 96.0 Å². The Kier molecular flexibility index (Phi) is 7.38. The van der Waals surface area contributed by atoms with Crippen molar-refractivity contribution in [2.45, 2.75) is 18.7 Å². The number of nitrogens with zero attached hydrogens (tertiary/aromatic N) is 2. The number of hydrogen-bond acceptors (Lipinski definition) is 6. The van der Waals surface area contributed by atoms with Crippen LogP contribution in [0, 0.1) is 13.8 Å². The van der Waals surface area contributed by atoms with Gasteiger partial charge in [-0.2, -0.15) is 4.31 Å². The maximum atomic E-state index is 12.9. The third-order valence-electron chi connectivity index (χ3n) is 4.80. The third kappa shape index (κ3) is 5.45. The number of halogens is 1. The summed E-state index contributed by atoms with van der Waals surface area (Å²) in [6, 6.07) is 6.08. The lowest BCUT2D eigenvalue weighted by atomic mass is 10.2. The van der Waals surface area contributed by atoms with Crippen molar-refractivity contribution in [1.82, 2.24) is 9.21 Å². The molecule has 0 saturated carbocycles. The number of rotatable bonds is 6. The third-order valence-corrected chi connectivity index (χ3v) is 8.15. The van der Waals surface area contributed by atoms with Crippen LogP contribution >= 0.6 is 22.9 Å². The Morgan fingerprint density at radius 2 is 1.90 bits per heavy atom. The van der Waals surface area contributed by atoms with Crippen molar-refractivity contribution in [3.05, 3.63) is 44.6 Å². The Morgan fingerprint density at radius 3 is 2.52 bits per heavy atom. The molecule has 1 aromatic carbocycles. The summed E-state index contributed by atoms with van der Waals surface area (Å²) in [6.07, 6.45) is 0. The fourth-order valence-corrected chi connectivity index (χ4v) is 6.07. The number of aryl methyl sites for hydroxylation is 2. The van der Waals surface area contributed by atoms with E-state index >= 15 is 0 Å². The van der Waals surface area contributed by atoms with Gasteiger partial charge in [0.1, 0.15) is 4.90 Å². The molecule has 1 N–H and O–H groups in total. The minimum atomic E-state index is -3.82. The molecule has 8 nitrogen and oxygen atoms in total. The first-order valence-electron chi connectivity index (χ1n) is 9.59. The number of carbonyl (C=O) groups is 2. The van der Waals surface area contributed by atoms with Gasteiger partial charge in [0.2, 0.25) is 15.9 Å². The Hall–Kier alpha value is -1.98. The highest BCUT2D eigenvalue weighted by Crippen LogP contribution is 2.28. The van der Waals surface area contributed by atoms with Crippen LogP contribution in [0.5, 0.6) is 0 Å². The van der Waals surface area contributed by atoms with E-state index < -0.39 is 15.9 Å². The maximum Gasteiger partial charge on any atom is 0.255 e. The van der Waals surface area contributed by atoms with Gasteiger partial charge in [-0.05, 0) is 38.1 Å². The summed E-state index contributed by atoms with van der Waals surface area (Å²) in [5, 5.41) is 2.71. The maximum absolute atomic E-state index is 12.9. The monoisotopic (exact) mass is 485 g/mol. The quantitative estimate of drug-likeness (QED) is 0.678. The molecule has 1 aromatic heterocycles. The van der Waals surface area contributed by atoms with Crippen molar-refractivity contribution in [1.29, 1.82) is 0 Å². The van der Waals surface area contributed by atoms with Crippen molar-refractivity contribution in [3.63, 3.8) is 0 Å². The average molecular weight is 486 g/mol. The number of anilines is 1. The van der Waals surface area contributed by atoms with E-state index in [1.807, 2.05) is 13.8 Å². The van der Waals surface area contributed by atoms with E-state index in [0.29, 0.717) is 18.8 Å². The van der Waals surface area contributed by atoms with Crippen LogP contribution in [0.4, 0.5) is 5.69 Å². The van der Waals surface area contributed by atoms with E-state index in [1.54, 1.807) is 13.1 Å². The number of amides is 2. The van der Waals surface area contributed by atoms with Crippen LogP contribution in [0.15, 0.2) is 29.2 Å². The van der Waals surface area contributed by atoms with Crippen LogP contribution in [-0.4, -0.2) is 69.3 Å². The highest BCUT2D eigenvalue weighted by molar-refractivity contribution is 7.89. The van der Waals surface area contributed by atoms with E-state index in [9.17, 15) is 18.0 Å². The predicted molar refractivity (Wildman–Crippen MR) is 120 cm³/mol. The molecule has 11 heteroatoms. The van der Waals surface area contributed by atoms with Crippen LogP contribution in [0.1, 0.15) is 20.1 Å². The molecule has 1 aliphatic heterocycles. The van der Waals surface area contributed by atoms with Gasteiger partial charge in [0, 0.05) is 35.6 Å². The Labute approximate surface area is 190 Å². The molecule has 0 unspecified atom stereocenters. The molecule has 1 aliphatic rings. The molecule has 0 atom stereocenters. The molecule has 2 amide bonds. The SMILES string of the molecule is Cc1cc(C(=O)N(C)CC(=O)Nc2ccc(Cl)c(S(=O)(=O)N3CCOCC3)c2)c(C)s1. The molecule has 31 heavy (non-hydrogen) atoms. The van der Waals surface area contributed by atoms with Gasteiger partial charge in [-0.15, -0.1) is 11.3 Å². The lowest BCUT2D eigenvalue weighted by Gasteiger charge is -2.26. The van der Waals surface area contributed by atoms with E-state index in [-0.39, 0.29) is 41.1 Å². The zero-order valence-corrected chi connectivity index (χ0v) is 19.9. The molecular formula is C20H24ClN3O5S2. The lowest BCUT2D eigenvalue weighted by Crippen LogP contribution is -2.40. The summed E-state index contributed by atoms with van der Waals surface area (Å²) in [4.78, 5) is 28.3. The molecule has 0 radical (unpaired) electrons. The number of likely N-dealkylation sites (N-methyl/N-ethyl adjacent to an activating group) is 1. The van der Waals surface area contributed by atoms with Crippen LogP contribution in [-0.2, 0) is 19.6 Å². The van der Waals surface area contributed by atoms with Gasteiger partial charge in [-0.1, -0.05) is 11.6 Å². The summed E-state index contributed by atoms with van der Waals surface area (Å²) < 4.78 is 32.4. The van der Waals surface area contributed by atoms with Gasteiger partial charge in [0.05, 0.1) is 30.3 Å². The van der Waals surface area contributed by atoms with Crippen molar-refractivity contribution < 1.29 is 22.7 Å². The lowest BCUT2D eigenvalue weighted by molar-refractivity contribution is -0.116. The highest BCUT2D eigenvalue weighted by atomic mass is 35.5. The molecule has 1 saturated heterocycles. The van der Waals surface area contributed by atoms with Gasteiger partial charge in [0.15, 0.2) is 0 Å². The van der Waals surface area contributed by atoms with Crippen LogP contribution in [0.2, 0.25) is 5.02 Å². The molecule has 2 aromatic rings. The molecule has 2 heterocycles. The van der Waals surface area contributed by atoms with E-state index in [1.165, 1.54) is 38.7 Å². The minimum absolute atomic E-state index is 0.0695. The van der Waals surface area contributed by atoms with E-state index in [4.69, 9.17) is 16.3 Å². The zero-order valence-electron chi connectivity index (χ0n) is 17.5. The molecular weight excluding hydrogens is 462 g/mol. The van der Waals surface area contributed by atoms with Crippen molar-refractivity contribution in [3.8, 4) is 0 Å². The number of hydrogen-bond donors (Lipinski definition) is 1. The molecule has 0 aliphatic carbocycles. The summed E-state index contributed by atoms with van der Waals surface area (Å²) in [6.45, 7) is 4.72. The number of carbonyl (C=O) groups excluding carboxylic acids is 2. The first kappa shape index (κ1) is 23.7. The molecule has 3 rings (SSSR count). The van der Waals surface area contributed by atoms with E-state index in [2.05, 4.69) is 5.32 Å². The zero-order chi connectivity index (χ0) is 22.8. The number of morpholine rings is 1. The molecule has 0 bridgehead atoms. The normalized spacial score (nSPS) is 15.0. The van der Waals surface area contributed by atoms with Gasteiger partial charge in [-0.3, -0.25) is 9.59 Å². The highest BCUT2D eigenvalue weighted by Gasteiger charge is 2.29. The first-order chi connectivity index (χ1) is 14.6. The Bertz CT molecular complexity index is 1090. The largest absolute Gasteiger partial charge is 0.379 e. The van der Waals surface area contributed by atoms with Gasteiger partial charge >= 0.3 is 0 Å². The summed E-state index contributed by atoms with van der Waals surface area (Å²) in [5.41, 5.74) is 0.854. The van der Waals surface area contributed by atoms with Gasteiger partial charge in [0.25, 0.3) is 5.91 Å². The Morgan fingerprint density at radius 1 is 1.23 bits per heavy atom. The predicted octanol–water partition coefficient (Wildman–Crippen LogP) is 2.75. The second kappa shape index (κ2) is 9.66. The summed E-state index contributed by atoms with van der Waals surface area (Å²) in [5.74, 6) is -0.693. The van der Waals surface area contributed by atoms with Crippen LogP contribution in [0.25, 0.3) is 0 Å². The number of benzene rings is 1. The molecule has 1 fully saturated rings. The van der Waals surface area contributed by atoms with E-state index in [0.717, 1.165) is 9.75 Å². The van der Waals surface area contributed by atoms with Crippen LogP contribution in [0.3, 0.4) is 0 Å². The molecule has 0 spiro atoms. The minimum Gasteiger partial charge on any atom is -0.379 e. The van der Waals surface area contributed by atoms with Gasteiger partial charge in [-0.25, -0.2) is 8.42 Å². The second-order valence-corrected chi connectivity index (χ2v) is 11.0. The number of sulfonamides is 1. The van der Waals surface area contributed by atoms with Crippen molar-refractivity contribution in [2.24, 2.45) is 0 Å². The van der Waals surface area contributed by atoms with Gasteiger partial charge < -0.3 is 15.0 Å². The fraction of sp³-hybridized carbons (Fsp3) is 0.400. The number of nitrogens with one attached hydrogen (secondary N) is 1. The average Bonchev–Trinajstić information content (AvgIpc) is 3.07. The first-order valence-corrected chi connectivity index (χ1v) is 12.2. The fourth-order valence-electron chi connectivity index (χ4n) is 3.24. The number of thiophene rings is 1. The molecule has 168 valence electrons. The second-order valence-electron chi connectivity index (χ2n) is 7.20. The number of ether oxygens (including phenoxy) is 1.